The second kappa shape index (κ2) is 4.01. The quantitative estimate of drug-likeness (QED) is 0.753. The first kappa shape index (κ1) is 11.1. The topological polar surface area (TPSA) is 12.0 Å². The minimum absolute atomic E-state index is 0.690. The van der Waals surface area contributed by atoms with Gasteiger partial charge in [0.2, 0.25) is 0 Å². The number of rotatable bonds is 2. The highest BCUT2D eigenvalue weighted by atomic mass is 14.9. The Labute approximate surface area is 100 Å². The summed E-state index contributed by atoms with van der Waals surface area (Å²) in [6.45, 7) is 7.60. The molecule has 1 N–H and O–H groups in total. The number of fused-ring (bicyclic) bond motifs is 2. The van der Waals surface area contributed by atoms with Gasteiger partial charge in [0, 0.05) is 0 Å². The third-order valence-electron chi connectivity index (χ3n) is 6.10. The van der Waals surface area contributed by atoms with Gasteiger partial charge in [0.15, 0.2) is 0 Å². The summed E-state index contributed by atoms with van der Waals surface area (Å²) in [6.07, 6.45) is 9.05. The molecule has 0 radical (unpaired) electrons. The zero-order valence-electron chi connectivity index (χ0n) is 11.0. The van der Waals surface area contributed by atoms with Gasteiger partial charge in [-0.15, -0.1) is 0 Å². The minimum Gasteiger partial charge on any atom is -0.317 e. The van der Waals surface area contributed by atoms with Crippen molar-refractivity contribution < 1.29 is 0 Å². The van der Waals surface area contributed by atoms with Crippen LogP contribution in [0.25, 0.3) is 0 Å². The van der Waals surface area contributed by atoms with Crippen molar-refractivity contribution in [3.63, 3.8) is 0 Å². The molecule has 3 saturated carbocycles. The molecule has 4 aliphatic rings. The Bertz CT molecular complexity index is 250. The summed E-state index contributed by atoms with van der Waals surface area (Å²) in [5.74, 6) is 4.25. The molecule has 2 bridgehead atoms. The van der Waals surface area contributed by atoms with Crippen LogP contribution in [0.15, 0.2) is 0 Å². The first-order valence-electron chi connectivity index (χ1n) is 7.38. The monoisotopic (exact) mass is 221 g/mol. The maximum atomic E-state index is 3.49. The summed E-state index contributed by atoms with van der Waals surface area (Å²) in [5, 5.41) is 3.49. The van der Waals surface area contributed by atoms with Crippen molar-refractivity contribution >= 4 is 0 Å². The average Bonchev–Trinajstić information content (AvgIpc) is 2.30. The van der Waals surface area contributed by atoms with Crippen molar-refractivity contribution in [3.8, 4) is 0 Å². The summed E-state index contributed by atoms with van der Waals surface area (Å²) in [4.78, 5) is 0. The van der Waals surface area contributed by atoms with E-state index in [1.165, 1.54) is 32.4 Å². The van der Waals surface area contributed by atoms with E-state index in [1.54, 1.807) is 19.3 Å². The number of hydrogen-bond acceptors (Lipinski definition) is 1. The first-order chi connectivity index (χ1) is 7.68. The molecule has 1 heteroatoms. The van der Waals surface area contributed by atoms with E-state index in [0.29, 0.717) is 5.41 Å². The summed E-state index contributed by atoms with van der Waals surface area (Å²) in [6, 6.07) is 0. The number of piperidine rings is 1. The fourth-order valence-electron chi connectivity index (χ4n) is 4.79. The molecule has 0 aromatic heterocycles. The lowest BCUT2D eigenvalue weighted by atomic mass is 9.45. The van der Waals surface area contributed by atoms with E-state index in [9.17, 15) is 0 Å². The first-order valence-corrected chi connectivity index (χ1v) is 7.38. The van der Waals surface area contributed by atoms with Gasteiger partial charge >= 0.3 is 0 Å². The largest absolute Gasteiger partial charge is 0.317 e. The minimum atomic E-state index is 0.690. The molecule has 3 unspecified atom stereocenters. The molecule has 1 heterocycles. The van der Waals surface area contributed by atoms with E-state index < -0.39 is 0 Å². The molecule has 92 valence electrons. The highest BCUT2D eigenvalue weighted by Gasteiger charge is 2.54. The third kappa shape index (κ3) is 1.72. The van der Waals surface area contributed by atoms with E-state index in [4.69, 9.17) is 0 Å². The van der Waals surface area contributed by atoms with Crippen LogP contribution in [-0.2, 0) is 0 Å². The summed E-state index contributed by atoms with van der Waals surface area (Å²) in [5.41, 5.74) is 0.690. The molecule has 0 aromatic carbocycles. The van der Waals surface area contributed by atoms with E-state index in [1.807, 2.05) is 0 Å². The lowest BCUT2D eigenvalue weighted by molar-refractivity contribution is -0.111. The van der Waals surface area contributed by atoms with Crippen LogP contribution >= 0.6 is 0 Å². The average molecular weight is 221 g/mol. The van der Waals surface area contributed by atoms with Gasteiger partial charge in [-0.3, -0.25) is 0 Å². The van der Waals surface area contributed by atoms with Crippen LogP contribution in [0.2, 0.25) is 0 Å². The van der Waals surface area contributed by atoms with Crippen LogP contribution in [0.5, 0.6) is 0 Å². The van der Waals surface area contributed by atoms with Crippen molar-refractivity contribution in [1.82, 2.24) is 5.32 Å². The van der Waals surface area contributed by atoms with Gasteiger partial charge in [-0.1, -0.05) is 13.8 Å². The van der Waals surface area contributed by atoms with Crippen LogP contribution in [-0.4, -0.2) is 13.1 Å². The lowest BCUT2D eigenvalue weighted by Gasteiger charge is -2.60. The van der Waals surface area contributed by atoms with E-state index in [2.05, 4.69) is 19.2 Å². The molecule has 1 saturated heterocycles. The van der Waals surface area contributed by atoms with Crippen LogP contribution in [0.3, 0.4) is 0 Å². The van der Waals surface area contributed by atoms with Gasteiger partial charge in [-0.05, 0) is 80.7 Å². The number of hydrogen-bond donors (Lipinski definition) is 1. The molecule has 4 fully saturated rings. The second-order valence-electron chi connectivity index (χ2n) is 7.13. The Morgan fingerprint density at radius 1 is 1.06 bits per heavy atom. The molecule has 4 rings (SSSR count). The lowest BCUT2D eigenvalue weighted by Crippen LogP contribution is -2.52. The molecular weight excluding hydrogens is 194 g/mol. The second-order valence-corrected chi connectivity index (χ2v) is 7.13. The molecule has 0 spiro atoms. The predicted octanol–water partition coefficient (Wildman–Crippen LogP) is 3.45. The fraction of sp³-hybridized carbons (Fsp3) is 1.00. The van der Waals surface area contributed by atoms with Crippen LogP contribution in [0.1, 0.15) is 52.4 Å². The van der Waals surface area contributed by atoms with Crippen molar-refractivity contribution in [1.29, 1.82) is 0 Å². The Morgan fingerprint density at radius 3 is 2.44 bits per heavy atom. The highest BCUT2D eigenvalue weighted by Crippen LogP contribution is 2.62. The van der Waals surface area contributed by atoms with Crippen molar-refractivity contribution in [2.75, 3.05) is 13.1 Å². The van der Waals surface area contributed by atoms with Crippen molar-refractivity contribution in [2.45, 2.75) is 52.4 Å². The molecule has 0 aromatic rings. The van der Waals surface area contributed by atoms with Gasteiger partial charge in [0.25, 0.3) is 0 Å². The molecular formula is C15H27N. The molecule has 0 amide bonds. The van der Waals surface area contributed by atoms with Gasteiger partial charge < -0.3 is 5.32 Å². The molecule has 3 atom stereocenters. The molecule has 1 nitrogen and oxygen atoms in total. The van der Waals surface area contributed by atoms with Crippen molar-refractivity contribution in [2.24, 2.45) is 29.1 Å². The Hall–Kier alpha value is -0.0400. The summed E-state index contributed by atoms with van der Waals surface area (Å²) >= 11 is 0. The Morgan fingerprint density at radius 2 is 1.81 bits per heavy atom. The maximum absolute atomic E-state index is 3.49. The third-order valence-corrected chi connectivity index (χ3v) is 6.10. The normalized spacial score (nSPS) is 42.8. The van der Waals surface area contributed by atoms with Gasteiger partial charge in [-0.2, -0.15) is 0 Å². The van der Waals surface area contributed by atoms with Crippen molar-refractivity contribution in [3.05, 3.63) is 0 Å². The van der Waals surface area contributed by atoms with Gasteiger partial charge in [-0.25, -0.2) is 0 Å². The zero-order chi connectivity index (χ0) is 11.2. The predicted molar refractivity (Wildman–Crippen MR) is 68.3 cm³/mol. The summed E-state index contributed by atoms with van der Waals surface area (Å²) < 4.78 is 0. The van der Waals surface area contributed by atoms with Gasteiger partial charge in [0.1, 0.15) is 0 Å². The van der Waals surface area contributed by atoms with E-state index in [-0.39, 0.29) is 0 Å². The zero-order valence-corrected chi connectivity index (χ0v) is 11.0. The van der Waals surface area contributed by atoms with Crippen LogP contribution in [0, 0.1) is 29.1 Å². The van der Waals surface area contributed by atoms with Gasteiger partial charge in [0.05, 0.1) is 0 Å². The summed E-state index contributed by atoms with van der Waals surface area (Å²) in [7, 11) is 0. The standard InChI is InChI=1S/C15H27N/c1-15(2)13-4-3-12(14(15)10-13)9-11-5-7-16-8-6-11/h11-14,16H,3-10H2,1-2H3. The molecule has 1 aliphatic heterocycles. The molecule has 3 aliphatic carbocycles. The maximum Gasteiger partial charge on any atom is -0.00463 e. The van der Waals surface area contributed by atoms with Crippen LogP contribution < -0.4 is 5.32 Å². The van der Waals surface area contributed by atoms with Crippen LogP contribution in [0.4, 0.5) is 0 Å². The Kier molecular flexibility index (Phi) is 2.78. The number of nitrogens with one attached hydrogen (secondary N) is 1. The van der Waals surface area contributed by atoms with E-state index in [0.717, 1.165) is 23.7 Å². The Balaban J connectivity index is 1.58. The highest BCUT2D eigenvalue weighted by molar-refractivity contribution is 5.03. The smallest absolute Gasteiger partial charge is 0.00463 e. The fourth-order valence-corrected chi connectivity index (χ4v) is 4.79. The van der Waals surface area contributed by atoms with E-state index >= 15 is 0 Å². The molecule has 16 heavy (non-hydrogen) atoms. The SMILES string of the molecule is CC1(C)C2CCC(CC3CCNCC3)C1C2.